The van der Waals surface area contributed by atoms with E-state index < -0.39 is 29.1 Å². The van der Waals surface area contributed by atoms with E-state index in [2.05, 4.69) is 27.4 Å². The minimum atomic E-state index is -0.663. The number of ketones is 1. The highest BCUT2D eigenvalue weighted by atomic mass is 32.2. The second-order valence-electron chi connectivity index (χ2n) is 12.6. The zero-order valence-corrected chi connectivity index (χ0v) is 22.7. The number of carbonyl (C=O) groups is 2. The third kappa shape index (κ3) is 4.32. The predicted molar refractivity (Wildman–Crippen MR) is 139 cm³/mol. The number of aliphatic hydroxyl groups is 2. The topological polar surface area (TPSA) is 110 Å². The molecule has 35 heavy (non-hydrogen) atoms. The number of nitrogens with two attached hydrogens (primary N) is 1. The Bertz CT molecular complexity index is 851. The van der Waals surface area contributed by atoms with E-state index in [-0.39, 0.29) is 45.9 Å². The molecule has 4 rings (SSSR count). The third-order valence-electron chi connectivity index (χ3n) is 10.9. The molecule has 0 spiro atoms. The van der Waals surface area contributed by atoms with Gasteiger partial charge < -0.3 is 20.7 Å². The normalized spacial score (nSPS) is 49.7. The molecule has 3 unspecified atom stereocenters. The molecule has 198 valence electrons. The van der Waals surface area contributed by atoms with Crippen molar-refractivity contribution in [3.8, 4) is 0 Å². The Morgan fingerprint density at radius 3 is 2.60 bits per heavy atom. The number of aliphatic hydroxyl groups excluding tert-OH is 2. The minimum absolute atomic E-state index is 0.0113. The van der Waals surface area contributed by atoms with Crippen LogP contribution >= 0.6 is 11.8 Å². The van der Waals surface area contributed by atoms with E-state index in [1.807, 2.05) is 13.0 Å². The number of rotatable bonds is 6. The number of Topliss-reactive ketones (excluding diaryl/α,β-unsaturated/α-hetero) is 1. The van der Waals surface area contributed by atoms with E-state index in [0.717, 1.165) is 25.7 Å². The maximum Gasteiger partial charge on any atom is 0.316 e. The third-order valence-corrected chi connectivity index (χ3v) is 12.2. The Balaban J connectivity index is 1.62. The van der Waals surface area contributed by atoms with Gasteiger partial charge in [-0.25, -0.2) is 0 Å². The van der Waals surface area contributed by atoms with Crippen LogP contribution in [0.4, 0.5) is 0 Å². The summed E-state index contributed by atoms with van der Waals surface area (Å²) in [5.41, 5.74) is 4.39. The fourth-order valence-electron chi connectivity index (χ4n) is 8.32. The van der Waals surface area contributed by atoms with Gasteiger partial charge in [0.25, 0.3) is 0 Å². The van der Waals surface area contributed by atoms with E-state index in [9.17, 15) is 19.8 Å². The highest BCUT2D eigenvalue weighted by Crippen LogP contribution is 2.68. The number of ether oxygens (including phenoxy) is 1. The molecule has 6 nitrogen and oxygen atoms in total. The number of esters is 1. The van der Waals surface area contributed by atoms with Crippen LogP contribution < -0.4 is 5.73 Å². The molecule has 4 N–H and O–H groups in total. The number of hydrogen-bond acceptors (Lipinski definition) is 7. The average Bonchev–Trinajstić information content (AvgIpc) is 3.38. The number of thioether (sulfide) groups is 1. The monoisotopic (exact) mass is 507 g/mol. The molecule has 0 aliphatic heterocycles. The Morgan fingerprint density at radius 1 is 1.26 bits per heavy atom. The molecule has 4 aliphatic carbocycles. The van der Waals surface area contributed by atoms with Gasteiger partial charge in [-0.3, -0.25) is 9.59 Å². The quantitative estimate of drug-likeness (QED) is 0.371. The lowest BCUT2D eigenvalue weighted by atomic mass is 9.44. The average molecular weight is 508 g/mol. The van der Waals surface area contributed by atoms with Crippen molar-refractivity contribution in [2.75, 3.05) is 12.3 Å². The van der Waals surface area contributed by atoms with Crippen molar-refractivity contribution >= 4 is 23.5 Å². The SMILES string of the molecule is C=C[C@]1(C)C[C@@H](OC(=O)CS[C@@H]2C[C@H](CN)C[C@H]2O)[C@]2(C)C(C)CCC3(CCC(=O)[C@H]32)[C@@H](C)C1O. The first kappa shape index (κ1) is 27.2. The van der Waals surface area contributed by atoms with Crippen molar-refractivity contribution in [1.29, 1.82) is 0 Å². The molecule has 0 heterocycles. The van der Waals surface area contributed by atoms with Crippen LogP contribution in [0, 0.1) is 39.9 Å². The van der Waals surface area contributed by atoms with E-state index in [1.54, 1.807) is 0 Å². The maximum atomic E-state index is 13.5. The molecule has 4 aliphatic rings. The van der Waals surface area contributed by atoms with Gasteiger partial charge in [0.15, 0.2) is 0 Å². The molecular formula is C28H45NO5S. The molecule has 0 saturated heterocycles. The first-order valence-corrected chi connectivity index (χ1v) is 14.5. The highest BCUT2D eigenvalue weighted by Gasteiger charge is 2.68. The summed E-state index contributed by atoms with van der Waals surface area (Å²) in [6.45, 7) is 13.1. The molecule has 4 fully saturated rings. The van der Waals surface area contributed by atoms with E-state index >= 15 is 0 Å². The highest BCUT2D eigenvalue weighted by molar-refractivity contribution is 8.00. The first-order chi connectivity index (χ1) is 16.4. The summed E-state index contributed by atoms with van der Waals surface area (Å²) >= 11 is 1.45. The van der Waals surface area contributed by atoms with Crippen LogP contribution in [0.25, 0.3) is 0 Å². The second kappa shape index (κ2) is 9.77. The lowest BCUT2D eigenvalue weighted by Crippen LogP contribution is -2.63. The van der Waals surface area contributed by atoms with Crippen LogP contribution in [-0.2, 0) is 14.3 Å². The molecule has 0 amide bonds. The summed E-state index contributed by atoms with van der Waals surface area (Å²) in [6.07, 6.45) is 5.36. The summed E-state index contributed by atoms with van der Waals surface area (Å²) in [4.78, 5) is 26.7. The van der Waals surface area contributed by atoms with E-state index in [1.165, 1.54) is 11.8 Å². The van der Waals surface area contributed by atoms with Gasteiger partial charge in [0.05, 0.1) is 18.0 Å². The first-order valence-electron chi connectivity index (χ1n) is 13.5. The summed E-state index contributed by atoms with van der Waals surface area (Å²) in [5, 5.41) is 22.0. The van der Waals surface area contributed by atoms with Gasteiger partial charge >= 0.3 is 5.97 Å². The molecule has 0 aromatic rings. The number of carbonyl (C=O) groups excluding carboxylic acids is 2. The molecule has 0 aromatic heterocycles. The van der Waals surface area contributed by atoms with Crippen LogP contribution in [-0.4, -0.2) is 57.8 Å². The molecule has 0 aromatic carbocycles. The van der Waals surface area contributed by atoms with Gasteiger partial charge in [-0.05, 0) is 68.2 Å². The fraction of sp³-hybridized carbons (Fsp3) is 0.857. The lowest BCUT2D eigenvalue weighted by molar-refractivity contribution is -0.205. The minimum Gasteiger partial charge on any atom is -0.461 e. The van der Waals surface area contributed by atoms with E-state index in [0.29, 0.717) is 31.7 Å². The zero-order chi connectivity index (χ0) is 25.8. The van der Waals surface area contributed by atoms with Crippen LogP contribution in [0.2, 0.25) is 0 Å². The lowest BCUT2D eigenvalue weighted by Gasteiger charge is -2.61. The second-order valence-corrected chi connectivity index (χ2v) is 13.8. The smallest absolute Gasteiger partial charge is 0.316 e. The van der Waals surface area contributed by atoms with E-state index in [4.69, 9.17) is 10.5 Å². The summed E-state index contributed by atoms with van der Waals surface area (Å²) in [7, 11) is 0. The van der Waals surface area contributed by atoms with Crippen LogP contribution in [0.1, 0.15) is 72.6 Å². The van der Waals surface area contributed by atoms with Crippen molar-refractivity contribution in [2.24, 2.45) is 45.7 Å². The molecular weight excluding hydrogens is 462 g/mol. The van der Waals surface area contributed by atoms with Gasteiger partial charge in [-0.1, -0.05) is 33.8 Å². The predicted octanol–water partition coefficient (Wildman–Crippen LogP) is 3.72. The molecule has 2 bridgehead atoms. The Labute approximate surface area is 214 Å². The van der Waals surface area contributed by atoms with Gasteiger partial charge in [-0.2, -0.15) is 0 Å². The van der Waals surface area contributed by atoms with Crippen molar-refractivity contribution < 1.29 is 24.5 Å². The van der Waals surface area contributed by atoms with Crippen molar-refractivity contribution in [2.45, 2.75) is 96.2 Å². The largest absolute Gasteiger partial charge is 0.461 e. The van der Waals surface area contributed by atoms with Crippen molar-refractivity contribution in [3.05, 3.63) is 12.7 Å². The van der Waals surface area contributed by atoms with Gasteiger partial charge in [0, 0.05) is 28.4 Å². The van der Waals surface area contributed by atoms with Crippen LogP contribution in [0.5, 0.6) is 0 Å². The van der Waals surface area contributed by atoms with Gasteiger partial charge in [-0.15, -0.1) is 18.3 Å². The van der Waals surface area contributed by atoms with Crippen molar-refractivity contribution in [3.63, 3.8) is 0 Å². The summed E-state index contributed by atoms with van der Waals surface area (Å²) < 4.78 is 6.29. The summed E-state index contributed by atoms with van der Waals surface area (Å²) in [5.74, 6) is 0.361. The molecule has 0 radical (unpaired) electrons. The maximum absolute atomic E-state index is 13.5. The Morgan fingerprint density at radius 2 is 1.97 bits per heavy atom. The van der Waals surface area contributed by atoms with Gasteiger partial charge in [0.1, 0.15) is 11.9 Å². The Hall–Kier alpha value is -0.890. The van der Waals surface area contributed by atoms with Crippen LogP contribution in [0.15, 0.2) is 12.7 Å². The van der Waals surface area contributed by atoms with Crippen molar-refractivity contribution in [1.82, 2.24) is 0 Å². The molecule has 4 saturated carbocycles. The zero-order valence-electron chi connectivity index (χ0n) is 21.9. The Kier molecular flexibility index (Phi) is 7.58. The fourth-order valence-corrected chi connectivity index (χ4v) is 9.48. The molecule has 11 atom stereocenters. The number of hydrogen-bond donors (Lipinski definition) is 3. The standard InChI is InChI=1S/C28H45NO5S/c1-6-26(4)13-22(34-23(32)15-35-21-12-18(14-29)11-20(21)31)27(5)16(2)7-9-28(17(3)25(26)33)10-8-19(30)24(27)28/h6,16-18,20-22,24-25,31,33H,1,7-15,29H2,2-5H3/t16?,17-,18+,20+,21+,22+,24-,25?,26+,27-,28?/m0/s1. The van der Waals surface area contributed by atoms with Crippen LogP contribution in [0.3, 0.4) is 0 Å². The summed E-state index contributed by atoms with van der Waals surface area (Å²) in [6, 6.07) is 0. The molecule has 7 heteroatoms. The van der Waals surface area contributed by atoms with Gasteiger partial charge in [0.2, 0.25) is 0 Å².